The predicted molar refractivity (Wildman–Crippen MR) is 94.4 cm³/mol. The number of nitrogens with two attached hydrogens (primary N) is 1. The Hall–Kier alpha value is -2.79. The van der Waals surface area contributed by atoms with E-state index in [2.05, 4.69) is 15.0 Å². The SMILES string of the molecule is Nc1nc2c(ncn2COC2COC(OCc3ccccc3)OC2)c(=O)[nH]1. The molecule has 0 spiro atoms. The molecule has 1 fully saturated rings. The van der Waals surface area contributed by atoms with E-state index in [9.17, 15) is 4.79 Å². The molecule has 0 unspecified atom stereocenters. The fraction of sp³-hybridized carbons (Fsp3) is 0.353. The smallest absolute Gasteiger partial charge is 0.280 e. The number of rotatable bonds is 6. The number of H-pyrrole nitrogens is 1. The Balaban J connectivity index is 1.27. The van der Waals surface area contributed by atoms with Gasteiger partial charge in [0.2, 0.25) is 5.95 Å². The van der Waals surface area contributed by atoms with E-state index >= 15 is 0 Å². The molecule has 142 valence electrons. The van der Waals surface area contributed by atoms with Crippen molar-refractivity contribution in [2.75, 3.05) is 18.9 Å². The van der Waals surface area contributed by atoms with Gasteiger partial charge in [-0.15, -0.1) is 0 Å². The van der Waals surface area contributed by atoms with Crippen LogP contribution in [-0.4, -0.2) is 45.3 Å². The number of hydrogen-bond donors (Lipinski definition) is 2. The minimum absolute atomic E-state index is 0.0250. The Bertz CT molecular complexity index is 949. The van der Waals surface area contributed by atoms with Gasteiger partial charge < -0.3 is 24.7 Å². The average molecular weight is 373 g/mol. The number of nitrogen functional groups attached to an aromatic ring is 1. The summed E-state index contributed by atoms with van der Waals surface area (Å²) >= 11 is 0. The molecular weight excluding hydrogens is 354 g/mol. The van der Waals surface area contributed by atoms with Gasteiger partial charge in [-0.1, -0.05) is 30.3 Å². The summed E-state index contributed by atoms with van der Waals surface area (Å²) in [5, 5.41) is 0. The van der Waals surface area contributed by atoms with Gasteiger partial charge in [0, 0.05) is 0 Å². The van der Waals surface area contributed by atoms with Gasteiger partial charge in [0.05, 0.1) is 26.1 Å². The van der Waals surface area contributed by atoms with Crippen LogP contribution in [0.1, 0.15) is 5.56 Å². The Morgan fingerprint density at radius 3 is 2.78 bits per heavy atom. The van der Waals surface area contributed by atoms with Crippen LogP contribution in [0.5, 0.6) is 0 Å². The van der Waals surface area contributed by atoms with Gasteiger partial charge in [-0.05, 0) is 5.56 Å². The molecule has 1 aliphatic rings. The summed E-state index contributed by atoms with van der Waals surface area (Å²) in [6.45, 7) is 0.461. The number of nitrogens with zero attached hydrogens (tertiary/aromatic N) is 3. The highest BCUT2D eigenvalue weighted by Gasteiger charge is 2.23. The van der Waals surface area contributed by atoms with Crippen LogP contribution in [0.4, 0.5) is 5.95 Å². The van der Waals surface area contributed by atoms with Crippen LogP contribution in [0.3, 0.4) is 0 Å². The van der Waals surface area contributed by atoms with Gasteiger partial charge in [0.25, 0.3) is 12.0 Å². The summed E-state index contributed by atoms with van der Waals surface area (Å²) in [6.07, 6.45) is 1.20. The highest BCUT2D eigenvalue weighted by Crippen LogP contribution is 2.14. The predicted octanol–water partition coefficient (Wildman–Crippen LogP) is 0.592. The second-order valence-corrected chi connectivity index (χ2v) is 6.01. The lowest BCUT2D eigenvalue weighted by Crippen LogP contribution is -2.38. The summed E-state index contributed by atoms with van der Waals surface area (Å²) in [5.74, 6) is 0.0250. The molecule has 0 aliphatic carbocycles. The van der Waals surface area contributed by atoms with E-state index in [1.54, 1.807) is 4.57 Å². The van der Waals surface area contributed by atoms with E-state index in [0.29, 0.717) is 25.5 Å². The standard InChI is InChI=1S/C17H19N5O5/c18-16-20-14-13(15(23)21-16)19-9-22(14)10-27-12-7-25-17(26-8-12)24-6-11-4-2-1-3-5-11/h1-5,9,12,17H,6-8,10H2,(H3,18,20,21,23). The van der Waals surface area contributed by atoms with E-state index in [-0.39, 0.29) is 29.9 Å². The van der Waals surface area contributed by atoms with Crippen LogP contribution >= 0.6 is 0 Å². The Kier molecular flexibility index (Phi) is 5.12. The van der Waals surface area contributed by atoms with Crippen LogP contribution in [0.15, 0.2) is 41.5 Å². The molecule has 4 rings (SSSR count). The van der Waals surface area contributed by atoms with Crippen molar-refractivity contribution >= 4 is 17.1 Å². The zero-order chi connectivity index (χ0) is 18.6. The van der Waals surface area contributed by atoms with Crippen molar-refractivity contribution in [1.29, 1.82) is 0 Å². The molecule has 0 radical (unpaired) electrons. The number of fused-ring (bicyclic) bond motifs is 1. The van der Waals surface area contributed by atoms with E-state index in [1.807, 2.05) is 30.3 Å². The Morgan fingerprint density at radius 2 is 2.00 bits per heavy atom. The maximum absolute atomic E-state index is 11.8. The number of imidazole rings is 1. The third-order valence-corrected chi connectivity index (χ3v) is 4.01. The van der Waals surface area contributed by atoms with Gasteiger partial charge >= 0.3 is 0 Å². The molecule has 1 saturated heterocycles. The number of benzene rings is 1. The van der Waals surface area contributed by atoms with E-state index in [4.69, 9.17) is 24.7 Å². The monoisotopic (exact) mass is 373 g/mol. The van der Waals surface area contributed by atoms with Gasteiger partial charge in [-0.25, -0.2) is 4.98 Å². The quantitative estimate of drug-likeness (QED) is 0.643. The van der Waals surface area contributed by atoms with Gasteiger partial charge in [-0.3, -0.25) is 14.3 Å². The van der Waals surface area contributed by atoms with Crippen molar-refractivity contribution in [3.63, 3.8) is 0 Å². The lowest BCUT2D eigenvalue weighted by molar-refractivity contribution is -0.337. The number of aromatic nitrogens is 4. The molecule has 3 aromatic rings. The molecule has 1 aromatic carbocycles. The zero-order valence-corrected chi connectivity index (χ0v) is 14.4. The maximum Gasteiger partial charge on any atom is 0.280 e. The molecule has 27 heavy (non-hydrogen) atoms. The van der Waals surface area contributed by atoms with Gasteiger partial charge in [0.15, 0.2) is 11.2 Å². The summed E-state index contributed by atoms with van der Waals surface area (Å²) < 4.78 is 24.0. The van der Waals surface area contributed by atoms with Crippen LogP contribution < -0.4 is 11.3 Å². The minimum atomic E-state index is -0.723. The van der Waals surface area contributed by atoms with Crippen LogP contribution in [-0.2, 0) is 32.3 Å². The van der Waals surface area contributed by atoms with Crippen molar-refractivity contribution in [2.24, 2.45) is 0 Å². The fourth-order valence-electron chi connectivity index (χ4n) is 2.65. The molecule has 3 N–H and O–H groups in total. The number of hydrogen-bond acceptors (Lipinski definition) is 8. The molecule has 1 aliphatic heterocycles. The van der Waals surface area contributed by atoms with Crippen LogP contribution in [0.25, 0.3) is 11.2 Å². The van der Waals surface area contributed by atoms with Crippen molar-refractivity contribution in [3.8, 4) is 0 Å². The molecular formula is C17H19N5O5. The summed E-state index contributed by atoms with van der Waals surface area (Å²) in [7, 11) is 0. The van der Waals surface area contributed by atoms with Gasteiger partial charge in [-0.2, -0.15) is 4.98 Å². The first-order valence-electron chi connectivity index (χ1n) is 8.40. The summed E-state index contributed by atoms with van der Waals surface area (Å²) in [5.41, 5.74) is 6.79. The van der Waals surface area contributed by atoms with Gasteiger partial charge in [0.1, 0.15) is 12.8 Å². The molecule has 0 bridgehead atoms. The molecule has 0 saturated carbocycles. The molecule has 0 amide bonds. The van der Waals surface area contributed by atoms with E-state index < -0.39 is 6.48 Å². The Labute approximate surface area is 153 Å². The second kappa shape index (κ2) is 7.84. The first kappa shape index (κ1) is 17.6. The van der Waals surface area contributed by atoms with Crippen molar-refractivity contribution in [2.45, 2.75) is 25.9 Å². The number of ether oxygens (including phenoxy) is 4. The van der Waals surface area contributed by atoms with E-state index in [0.717, 1.165) is 5.56 Å². The first-order valence-corrected chi connectivity index (χ1v) is 8.40. The highest BCUT2D eigenvalue weighted by molar-refractivity contribution is 5.70. The molecule has 0 atom stereocenters. The van der Waals surface area contributed by atoms with Crippen LogP contribution in [0.2, 0.25) is 0 Å². The largest absolute Gasteiger partial charge is 0.369 e. The number of nitrogens with one attached hydrogen (secondary N) is 1. The second-order valence-electron chi connectivity index (χ2n) is 6.01. The number of aromatic amines is 1. The topological polar surface area (TPSA) is 127 Å². The lowest BCUT2D eigenvalue weighted by Gasteiger charge is -2.29. The average Bonchev–Trinajstić information content (AvgIpc) is 3.09. The molecule has 2 aromatic heterocycles. The third kappa shape index (κ3) is 4.14. The normalized spacial score (nSPS) is 20.1. The molecule has 10 heteroatoms. The fourth-order valence-corrected chi connectivity index (χ4v) is 2.65. The summed E-state index contributed by atoms with van der Waals surface area (Å²) in [4.78, 5) is 22.3. The number of anilines is 1. The van der Waals surface area contributed by atoms with E-state index in [1.165, 1.54) is 6.33 Å². The first-order chi connectivity index (χ1) is 13.2. The lowest BCUT2D eigenvalue weighted by atomic mass is 10.2. The van der Waals surface area contributed by atoms with Crippen LogP contribution in [0, 0.1) is 0 Å². The maximum atomic E-state index is 11.8. The van der Waals surface area contributed by atoms with Crippen molar-refractivity contribution in [3.05, 3.63) is 52.6 Å². The Morgan fingerprint density at radius 1 is 1.22 bits per heavy atom. The van der Waals surface area contributed by atoms with Crippen molar-refractivity contribution < 1.29 is 18.9 Å². The zero-order valence-electron chi connectivity index (χ0n) is 14.4. The third-order valence-electron chi connectivity index (χ3n) is 4.01. The summed E-state index contributed by atoms with van der Waals surface area (Å²) in [6, 6.07) is 9.77. The highest BCUT2D eigenvalue weighted by atomic mass is 16.9. The van der Waals surface area contributed by atoms with Crippen molar-refractivity contribution in [1.82, 2.24) is 19.5 Å². The minimum Gasteiger partial charge on any atom is -0.369 e. The molecule has 3 heterocycles. The molecule has 10 nitrogen and oxygen atoms in total.